The van der Waals surface area contributed by atoms with E-state index in [0.29, 0.717) is 30.6 Å². The molecule has 0 fully saturated rings. The molecule has 4 rings (SSSR count). The zero-order chi connectivity index (χ0) is 26.0. The Labute approximate surface area is 215 Å². The lowest BCUT2D eigenvalue weighted by atomic mass is 9.83. The standard InChI is InChI=1S/C27H31ClFN5O2/c1-16-7-5-9-21(22-13-18(11-12-30-22)27(3,4)15-31-25(16)35)33-26(36)19-14-32-34(17(19)2)23-10-6-8-20(28)24(23)29/h6,8,10-14,16,21H,5,7,9,15H2,1-4H3,(H,31,35)(H,33,36)/t16?,21-/m0/s1. The third-order valence-electron chi connectivity index (χ3n) is 6.92. The van der Waals surface area contributed by atoms with E-state index in [9.17, 15) is 14.0 Å². The monoisotopic (exact) mass is 511 g/mol. The average molecular weight is 512 g/mol. The molecule has 2 N–H and O–H groups in total. The number of halogens is 2. The SMILES string of the molecule is Cc1c(C(=O)N[C@H]2CCCC(C)C(=O)NCC(C)(C)c3ccnc2c3)cnn1-c1cccc(Cl)c1F. The molecule has 0 saturated carbocycles. The van der Waals surface area contributed by atoms with E-state index in [1.54, 1.807) is 25.3 Å². The summed E-state index contributed by atoms with van der Waals surface area (Å²) < 4.78 is 16.0. The summed E-state index contributed by atoms with van der Waals surface area (Å²) in [4.78, 5) is 30.5. The number of hydrogen-bond acceptors (Lipinski definition) is 4. The van der Waals surface area contributed by atoms with Crippen LogP contribution in [-0.4, -0.2) is 33.1 Å². The van der Waals surface area contributed by atoms with Gasteiger partial charge in [-0.25, -0.2) is 9.07 Å². The van der Waals surface area contributed by atoms with Crippen LogP contribution in [0.5, 0.6) is 0 Å². The lowest BCUT2D eigenvalue weighted by molar-refractivity contribution is -0.125. The van der Waals surface area contributed by atoms with Gasteiger partial charge in [-0.2, -0.15) is 5.10 Å². The fraction of sp³-hybridized carbons (Fsp3) is 0.407. The zero-order valence-electron chi connectivity index (χ0n) is 20.9. The third-order valence-corrected chi connectivity index (χ3v) is 7.21. The Morgan fingerprint density at radius 2 is 2.06 bits per heavy atom. The van der Waals surface area contributed by atoms with Gasteiger partial charge in [0.1, 0.15) is 5.69 Å². The van der Waals surface area contributed by atoms with Crippen LogP contribution in [0.4, 0.5) is 4.39 Å². The molecule has 3 heterocycles. The van der Waals surface area contributed by atoms with Gasteiger partial charge in [0.2, 0.25) is 5.91 Å². The molecule has 2 atom stereocenters. The van der Waals surface area contributed by atoms with Crippen molar-refractivity contribution in [1.29, 1.82) is 0 Å². The van der Waals surface area contributed by atoms with Crippen molar-refractivity contribution in [2.45, 2.75) is 58.4 Å². The van der Waals surface area contributed by atoms with Crippen molar-refractivity contribution in [3.63, 3.8) is 0 Å². The van der Waals surface area contributed by atoms with E-state index in [2.05, 4.69) is 34.6 Å². The number of benzene rings is 1. The highest BCUT2D eigenvalue weighted by atomic mass is 35.5. The minimum Gasteiger partial charge on any atom is -0.355 e. The Morgan fingerprint density at radius 3 is 2.83 bits per heavy atom. The summed E-state index contributed by atoms with van der Waals surface area (Å²) in [6.07, 6.45) is 5.23. The number of nitrogens with one attached hydrogen (secondary N) is 2. The second-order valence-corrected chi connectivity index (χ2v) is 10.5. The Bertz CT molecular complexity index is 1290. The third kappa shape index (κ3) is 5.28. The smallest absolute Gasteiger partial charge is 0.255 e. The molecule has 0 saturated heterocycles. The summed E-state index contributed by atoms with van der Waals surface area (Å²) in [5.41, 5.74) is 2.49. The topological polar surface area (TPSA) is 88.9 Å². The maximum atomic E-state index is 14.6. The minimum atomic E-state index is -0.599. The van der Waals surface area contributed by atoms with Gasteiger partial charge in [0.15, 0.2) is 5.82 Å². The number of fused-ring (bicyclic) bond motifs is 2. The first-order chi connectivity index (χ1) is 17.1. The van der Waals surface area contributed by atoms with Crippen LogP contribution in [0.15, 0.2) is 42.7 Å². The summed E-state index contributed by atoms with van der Waals surface area (Å²) in [7, 11) is 0. The van der Waals surface area contributed by atoms with Crippen LogP contribution < -0.4 is 10.6 Å². The molecule has 36 heavy (non-hydrogen) atoms. The number of aromatic nitrogens is 3. The van der Waals surface area contributed by atoms with Gasteiger partial charge < -0.3 is 10.6 Å². The maximum Gasteiger partial charge on any atom is 0.255 e. The van der Waals surface area contributed by atoms with Gasteiger partial charge in [-0.3, -0.25) is 14.6 Å². The summed E-state index contributed by atoms with van der Waals surface area (Å²) >= 11 is 5.93. The van der Waals surface area contributed by atoms with Gasteiger partial charge in [0.05, 0.1) is 34.2 Å². The van der Waals surface area contributed by atoms with Crippen LogP contribution in [0.2, 0.25) is 5.02 Å². The van der Waals surface area contributed by atoms with Crippen molar-refractivity contribution in [2.24, 2.45) is 5.92 Å². The van der Waals surface area contributed by atoms with Crippen molar-refractivity contribution in [2.75, 3.05) is 6.54 Å². The number of nitrogens with zero attached hydrogens (tertiary/aromatic N) is 3. The van der Waals surface area contributed by atoms with Crippen LogP contribution in [0, 0.1) is 18.7 Å². The highest BCUT2D eigenvalue weighted by Gasteiger charge is 2.27. The highest BCUT2D eigenvalue weighted by Crippen LogP contribution is 2.28. The predicted molar refractivity (Wildman–Crippen MR) is 137 cm³/mol. The van der Waals surface area contributed by atoms with Crippen molar-refractivity contribution in [3.05, 3.63) is 76.1 Å². The molecule has 2 bridgehead atoms. The molecule has 2 amide bonds. The molecule has 0 radical (unpaired) electrons. The van der Waals surface area contributed by atoms with Crippen molar-refractivity contribution >= 4 is 23.4 Å². The number of amides is 2. The van der Waals surface area contributed by atoms with Gasteiger partial charge >= 0.3 is 0 Å². The first kappa shape index (κ1) is 25.8. The van der Waals surface area contributed by atoms with Crippen LogP contribution in [0.3, 0.4) is 0 Å². The Balaban J connectivity index is 1.64. The molecule has 190 valence electrons. The molecule has 2 aromatic heterocycles. The Hall–Kier alpha value is -3.26. The first-order valence-electron chi connectivity index (χ1n) is 12.1. The van der Waals surface area contributed by atoms with Crippen LogP contribution in [-0.2, 0) is 10.2 Å². The van der Waals surface area contributed by atoms with Crippen molar-refractivity contribution in [3.8, 4) is 5.69 Å². The number of carbonyl (C=O) groups excluding carboxylic acids is 2. The molecule has 1 aromatic carbocycles. The summed E-state index contributed by atoms with van der Waals surface area (Å²) in [6.45, 7) is 8.29. The summed E-state index contributed by atoms with van der Waals surface area (Å²) in [5.74, 6) is -1.01. The zero-order valence-corrected chi connectivity index (χ0v) is 21.7. The van der Waals surface area contributed by atoms with Gasteiger partial charge in [-0.15, -0.1) is 0 Å². The summed E-state index contributed by atoms with van der Waals surface area (Å²) in [6, 6.07) is 8.24. The van der Waals surface area contributed by atoms with Gasteiger partial charge in [-0.05, 0) is 49.6 Å². The molecule has 9 heteroatoms. The van der Waals surface area contributed by atoms with Gasteiger partial charge in [-0.1, -0.05) is 44.9 Å². The lowest BCUT2D eigenvalue weighted by Crippen LogP contribution is -2.39. The lowest BCUT2D eigenvalue weighted by Gasteiger charge is -2.29. The Morgan fingerprint density at radius 1 is 1.28 bits per heavy atom. The molecule has 7 nitrogen and oxygen atoms in total. The average Bonchev–Trinajstić information content (AvgIpc) is 3.24. The van der Waals surface area contributed by atoms with Gasteiger partial charge in [0.25, 0.3) is 5.91 Å². The van der Waals surface area contributed by atoms with Crippen molar-refractivity contribution < 1.29 is 14.0 Å². The van der Waals surface area contributed by atoms with E-state index < -0.39 is 5.82 Å². The maximum absolute atomic E-state index is 14.6. The van der Waals surface area contributed by atoms with Crippen LogP contribution >= 0.6 is 11.6 Å². The second kappa shape index (κ2) is 10.4. The quantitative estimate of drug-likeness (QED) is 0.515. The van der Waals surface area contributed by atoms with E-state index in [1.165, 1.54) is 16.9 Å². The summed E-state index contributed by atoms with van der Waals surface area (Å²) in [5, 5.41) is 10.4. The van der Waals surface area contributed by atoms with E-state index in [1.807, 2.05) is 19.1 Å². The fourth-order valence-electron chi connectivity index (χ4n) is 4.46. The number of pyridine rings is 1. The fourth-order valence-corrected chi connectivity index (χ4v) is 4.63. The molecule has 0 aliphatic carbocycles. The number of carbonyl (C=O) groups is 2. The predicted octanol–water partition coefficient (Wildman–Crippen LogP) is 5.05. The van der Waals surface area contributed by atoms with Crippen LogP contribution in [0.25, 0.3) is 5.69 Å². The second-order valence-electron chi connectivity index (χ2n) is 10.1. The molecule has 0 spiro atoms. The first-order valence-corrected chi connectivity index (χ1v) is 12.5. The molecule has 1 aliphatic rings. The molecular formula is C27H31ClFN5O2. The highest BCUT2D eigenvalue weighted by molar-refractivity contribution is 6.30. The van der Waals surface area contributed by atoms with E-state index >= 15 is 0 Å². The van der Waals surface area contributed by atoms with Crippen molar-refractivity contribution in [1.82, 2.24) is 25.4 Å². The van der Waals surface area contributed by atoms with Gasteiger partial charge in [0, 0.05) is 24.1 Å². The normalized spacial score (nSPS) is 20.1. The number of hydrogen-bond donors (Lipinski definition) is 2. The van der Waals surface area contributed by atoms with Crippen LogP contribution in [0.1, 0.15) is 73.4 Å². The number of rotatable bonds is 3. The minimum absolute atomic E-state index is 0.0154. The van der Waals surface area contributed by atoms with E-state index in [0.717, 1.165) is 17.7 Å². The molecule has 3 aromatic rings. The molecule has 1 aliphatic heterocycles. The molecule has 1 unspecified atom stereocenters. The molecular weight excluding hydrogens is 481 g/mol. The Kier molecular flexibility index (Phi) is 7.45. The van der Waals surface area contributed by atoms with E-state index in [4.69, 9.17) is 11.6 Å². The largest absolute Gasteiger partial charge is 0.355 e. The van der Waals surface area contributed by atoms with E-state index in [-0.39, 0.29) is 39.9 Å².